The molecule has 1 atom stereocenters. The van der Waals surface area contributed by atoms with Gasteiger partial charge < -0.3 is 5.11 Å². The lowest BCUT2D eigenvalue weighted by Gasteiger charge is -2.25. The molecule has 0 saturated carbocycles. The second kappa shape index (κ2) is 7.59. The standard InChI is InChI=1S/C22H15N3O5/c26-20(16-11-6-7-13-23-16)18-19(15-10-4-5-12-17(15)25(29)30)24(22(28)21(18)27)14-8-2-1-3-9-14/h1-13,19,26H. The van der Waals surface area contributed by atoms with Crippen LogP contribution < -0.4 is 4.90 Å². The summed E-state index contributed by atoms with van der Waals surface area (Å²) in [5.41, 5.74) is 0.0621. The van der Waals surface area contributed by atoms with Crippen molar-refractivity contribution in [1.29, 1.82) is 0 Å². The number of hydrogen-bond donors (Lipinski definition) is 1. The molecule has 3 aromatic rings. The summed E-state index contributed by atoms with van der Waals surface area (Å²) in [7, 11) is 0. The van der Waals surface area contributed by atoms with Gasteiger partial charge in [0.05, 0.1) is 16.1 Å². The molecule has 1 amide bonds. The monoisotopic (exact) mass is 401 g/mol. The van der Waals surface area contributed by atoms with E-state index in [0.717, 1.165) is 0 Å². The number of aliphatic hydroxyl groups excluding tert-OH is 1. The Balaban J connectivity index is 2.02. The van der Waals surface area contributed by atoms with Gasteiger partial charge in [-0.2, -0.15) is 0 Å². The van der Waals surface area contributed by atoms with Crippen LogP contribution in [0.5, 0.6) is 0 Å². The van der Waals surface area contributed by atoms with Crippen molar-refractivity contribution in [3.05, 3.63) is 106 Å². The zero-order chi connectivity index (χ0) is 21.3. The van der Waals surface area contributed by atoms with Gasteiger partial charge in [-0.3, -0.25) is 29.6 Å². The number of nitrogens with zero attached hydrogens (tertiary/aromatic N) is 3. The van der Waals surface area contributed by atoms with Crippen molar-refractivity contribution < 1.29 is 19.6 Å². The van der Waals surface area contributed by atoms with E-state index in [2.05, 4.69) is 4.98 Å². The Hall–Kier alpha value is -4.33. The van der Waals surface area contributed by atoms with Crippen molar-refractivity contribution in [3.63, 3.8) is 0 Å². The number of pyridine rings is 1. The Morgan fingerprint density at radius 1 is 0.967 bits per heavy atom. The van der Waals surface area contributed by atoms with Gasteiger partial charge in [0.25, 0.3) is 17.4 Å². The van der Waals surface area contributed by atoms with Gasteiger partial charge in [0.1, 0.15) is 11.7 Å². The lowest BCUT2D eigenvalue weighted by Crippen LogP contribution is -2.29. The number of benzene rings is 2. The second-order valence-corrected chi connectivity index (χ2v) is 6.54. The number of anilines is 1. The van der Waals surface area contributed by atoms with Gasteiger partial charge in [-0.15, -0.1) is 0 Å². The Morgan fingerprint density at radius 3 is 2.30 bits per heavy atom. The molecule has 1 saturated heterocycles. The maximum Gasteiger partial charge on any atom is 0.300 e. The summed E-state index contributed by atoms with van der Waals surface area (Å²) in [5.74, 6) is -2.32. The van der Waals surface area contributed by atoms with Crippen LogP contribution in [0.15, 0.2) is 84.6 Å². The first kappa shape index (κ1) is 19.0. The van der Waals surface area contributed by atoms with Gasteiger partial charge in [0.15, 0.2) is 5.76 Å². The predicted molar refractivity (Wildman–Crippen MR) is 109 cm³/mol. The van der Waals surface area contributed by atoms with Gasteiger partial charge in [-0.05, 0) is 30.3 Å². The van der Waals surface area contributed by atoms with Gasteiger partial charge in [-0.1, -0.05) is 36.4 Å². The SMILES string of the molecule is O=C1C(=O)N(c2ccccc2)C(c2ccccc2[N+](=O)[O-])C1=C(O)c1ccccn1. The molecular weight excluding hydrogens is 386 g/mol. The van der Waals surface area contributed by atoms with Crippen molar-refractivity contribution in [2.24, 2.45) is 0 Å². The minimum Gasteiger partial charge on any atom is -0.505 e. The van der Waals surface area contributed by atoms with E-state index in [4.69, 9.17) is 0 Å². The van der Waals surface area contributed by atoms with Crippen LogP contribution in [0.25, 0.3) is 5.76 Å². The van der Waals surface area contributed by atoms with Gasteiger partial charge in [0, 0.05) is 18.0 Å². The van der Waals surface area contributed by atoms with Gasteiger partial charge in [-0.25, -0.2) is 0 Å². The van der Waals surface area contributed by atoms with E-state index in [1.54, 1.807) is 48.5 Å². The van der Waals surface area contributed by atoms with Crippen LogP contribution >= 0.6 is 0 Å². The number of carbonyl (C=O) groups is 2. The summed E-state index contributed by atoms with van der Waals surface area (Å²) < 4.78 is 0. The molecule has 1 aromatic heterocycles. The fraction of sp³-hybridized carbons (Fsp3) is 0.0455. The molecule has 2 heterocycles. The molecule has 0 bridgehead atoms. The van der Waals surface area contributed by atoms with E-state index in [-0.39, 0.29) is 22.5 Å². The van der Waals surface area contributed by atoms with Crippen molar-refractivity contribution >= 4 is 28.8 Å². The molecular formula is C22H15N3O5. The first-order valence-corrected chi connectivity index (χ1v) is 9.01. The van der Waals surface area contributed by atoms with E-state index in [0.29, 0.717) is 5.69 Å². The maximum atomic E-state index is 13.0. The first-order valence-electron chi connectivity index (χ1n) is 9.01. The van der Waals surface area contributed by atoms with E-state index in [1.165, 1.54) is 35.4 Å². The average Bonchev–Trinajstić information content (AvgIpc) is 3.05. The smallest absolute Gasteiger partial charge is 0.300 e. The fourth-order valence-corrected chi connectivity index (χ4v) is 3.51. The molecule has 1 aliphatic heterocycles. The minimum atomic E-state index is -1.18. The number of nitro groups is 1. The third kappa shape index (κ3) is 3.10. The van der Waals surface area contributed by atoms with E-state index < -0.39 is 28.4 Å². The zero-order valence-corrected chi connectivity index (χ0v) is 15.5. The van der Waals surface area contributed by atoms with Crippen molar-refractivity contribution in [1.82, 2.24) is 4.98 Å². The van der Waals surface area contributed by atoms with E-state index >= 15 is 0 Å². The lowest BCUT2D eigenvalue weighted by atomic mass is 9.95. The number of carbonyl (C=O) groups excluding carboxylic acids is 2. The second-order valence-electron chi connectivity index (χ2n) is 6.54. The van der Waals surface area contributed by atoms with Crippen molar-refractivity contribution in [2.75, 3.05) is 4.90 Å². The molecule has 148 valence electrons. The zero-order valence-electron chi connectivity index (χ0n) is 15.5. The predicted octanol–water partition coefficient (Wildman–Crippen LogP) is 3.62. The van der Waals surface area contributed by atoms with Crippen LogP contribution in [0.1, 0.15) is 17.3 Å². The lowest BCUT2D eigenvalue weighted by molar-refractivity contribution is -0.385. The normalized spacial score (nSPS) is 17.9. The van der Waals surface area contributed by atoms with Crippen LogP contribution in [-0.4, -0.2) is 26.7 Å². The van der Waals surface area contributed by atoms with Gasteiger partial charge in [0.2, 0.25) is 0 Å². The van der Waals surface area contributed by atoms with Crippen LogP contribution in [0.4, 0.5) is 11.4 Å². The van der Waals surface area contributed by atoms with E-state index in [9.17, 15) is 24.8 Å². The maximum absolute atomic E-state index is 13.0. The molecule has 0 spiro atoms. The molecule has 8 nitrogen and oxygen atoms in total. The number of rotatable bonds is 4. The minimum absolute atomic E-state index is 0.0899. The molecule has 1 N–H and O–H groups in total. The molecule has 4 rings (SSSR count). The summed E-state index contributed by atoms with van der Waals surface area (Å²) in [6, 6.07) is 17.7. The molecule has 1 aliphatic rings. The number of para-hydroxylation sites is 2. The molecule has 0 radical (unpaired) electrons. The number of Topliss-reactive ketones (excluding diaryl/α,β-unsaturated/α-hetero) is 1. The quantitative estimate of drug-likeness (QED) is 0.235. The highest BCUT2D eigenvalue weighted by Crippen LogP contribution is 2.44. The molecule has 30 heavy (non-hydrogen) atoms. The van der Waals surface area contributed by atoms with Crippen molar-refractivity contribution in [2.45, 2.75) is 6.04 Å². The van der Waals surface area contributed by atoms with Gasteiger partial charge >= 0.3 is 0 Å². The first-order chi connectivity index (χ1) is 14.5. The summed E-state index contributed by atoms with van der Waals surface area (Å²) in [6.07, 6.45) is 1.43. The molecule has 0 aliphatic carbocycles. The third-order valence-electron chi connectivity index (χ3n) is 4.81. The highest BCUT2D eigenvalue weighted by atomic mass is 16.6. The summed E-state index contributed by atoms with van der Waals surface area (Å²) in [5, 5.41) is 22.5. The Morgan fingerprint density at radius 2 is 1.63 bits per heavy atom. The molecule has 8 heteroatoms. The Kier molecular flexibility index (Phi) is 4.81. The summed E-state index contributed by atoms with van der Waals surface area (Å²) >= 11 is 0. The third-order valence-corrected chi connectivity index (χ3v) is 4.81. The molecule has 1 fully saturated rings. The van der Waals surface area contributed by atoms with Crippen LogP contribution in [0, 0.1) is 10.1 Å². The number of amides is 1. The summed E-state index contributed by atoms with van der Waals surface area (Å²) in [4.78, 5) is 42.2. The number of aliphatic hydroxyl groups is 1. The number of nitro benzene ring substituents is 1. The highest BCUT2D eigenvalue weighted by Gasteiger charge is 2.49. The van der Waals surface area contributed by atoms with Crippen LogP contribution in [0.3, 0.4) is 0 Å². The van der Waals surface area contributed by atoms with Crippen LogP contribution in [-0.2, 0) is 9.59 Å². The molecule has 2 aromatic carbocycles. The Labute approximate surface area is 170 Å². The largest absolute Gasteiger partial charge is 0.505 e. The topological polar surface area (TPSA) is 114 Å². The molecule has 1 unspecified atom stereocenters. The Bertz CT molecular complexity index is 1180. The summed E-state index contributed by atoms with van der Waals surface area (Å²) in [6.45, 7) is 0. The number of ketones is 1. The average molecular weight is 401 g/mol. The van der Waals surface area contributed by atoms with Crippen LogP contribution in [0.2, 0.25) is 0 Å². The van der Waals surface area contributed by atoms with Crippen molar-refractivity contribution in [3.8, 4) is 0 Å². The van der Waals surface area contributed by atoms with E-state index in [1.807, 2.05) is 0 Å². The highest BCUT2D eigenvalue weighted by molar-refractivity contribution is 6.51. The fourth-order valence-electron chi connectivity index (χ4n) is 3.51. The number of hydrogen-bond acceptors (Lipinski definition) is 6. The number of aromatic nitrogens is 1.